The van der Waals surface area contributed by atoms with Gasteiger partial charge in [0, 0.05) is 62.8 Å². The van der Waals surface area contributed by atoms with Crippen molar-refractivity contribution < 1.29 is 9.53 Å². The minimum atomic E-state index is 0.232. The van der Waals surface area contributed by atoms with Gasteiger partial charge >= 0.3 is 0 Å². The molecular formula is C23H34ClN3O2. The molecule has 3 rings (SSSR count). The van der Waals surface area contributed by atoms with E-state index in [9.17, 15) is 4.79 Å². The average molecular weight is 420 g/mol. The summed E-state index contributed by atoms with van der Waals surface area (Å²) in [5, 5.41) is 0.729. The first kappa shape index (κ1) is 22.1. The zero-order chi connectivity index (χ0) is 21.0. The van der Waals surface area contributed by atoms with Crippen molar-refractivity contribution in [3.8, 4) is 5.75 Å². The standard InChI is InChI=1S/C23H34ClN3O2/c1-5-17(3)27-15-20(16-27)25-9-11-26(12-10-25)23(28)8-7-19-13-18(6-2)21(24)14-22(19)29-4/h5,13-14,17,20H,1,6-12,15-16H2,2-4H3. The van der Waals surface area contributed by atoms with Crippen molar-refractivity contribution >= 4 is 17.5 Å². The molecule has 0 N–H and O–H groups in total. The molecule has 2 saturated heterocycles. The number of hydrogen-bond acceptors (Lipinski definition) is 4. The number of rotatable bonds is 8. The van der Waals surface area contributed by atoms with E-state index in [0.29, 0.717) is 24.9 Å². The first-order chi connectivity index (χ1) is 14.0. The lowest BCUT2D eigenvalue weighted by Gasteiger charge is -2.49. The van der Waals surface area contributed by atoms with Gasteiger partial charge in [-0.3, -0.25) is 14.6 Å². The highest BCUT2D eigenvalue weighted by Crippen LogP contribution is 2.29. The van der Waals surface area contributed by atoms with Gasteiger partial charge in [-0.15, -0.1) is 6.58 Å². The molecule has 0 spiro atoms. The maximum Gasteiger partial charge on any atom is 0.222 e. The molecule has 2 heterocycles. The van der Waals surface area contributed by atoms with E-state index >= 15 is 0 Å². The van der Waals surface area contributed by atoms with Crippen LogP contribution in [0.4, 0.5) is 0 Å². The van der Waals surface area contributed by atoms with Gasteiger partial charge in [0.25, 0.3) is 0 Å². The fourth-order valence-corrected chi connectivity index (χ4v) is 4.53. The molecule has 1 atom stereocenters. The molecular weight excluding hydrogens is 386 g/mol. The summed E-state index contributed by atoms with van der Waals surface area (Å²) in [6, 6.07) is 5.03. The van der Waals surface area contributed by atoms with Gasteiger partial charge in [0.2, 0.25) is 5.91 Å². The van der Waals surface area contributed by atoms with E-state index in [1.807, 2.05) is 17.0 Å². The lowest BCUT2D eigenvalue weighted by molar-refractivity contribution is -0.133. The van der Waals surface area contributed by atoms with Gasteiger partial charge in [0.15, 0.2) is 0 Å². The van der Waals surface area contributed by atoms with Crippen molar-refractivity contribution in [3.63, 3.8) is 0 Å². The fraction of sp³-hybridized carbons (Fsp3) is 0.609. The fourth-order valence-electron chi connectivity index (χ4n) is 4.24. The highest BCUT2D eigenvalue weighted by molar-refractivity contribution is 6.31. The number of piperazine rings is 1. The van der Waals surface area contributed by atoms with E-state index in [4.69, 9.17) is 16.3 Å². The monoisotopic (exact) mass is 419 g/mol. The van der Waals surface area contributed by atoms with Crippen LogP contribution in [0, 0.1) is 0 Å². The Balaban J connectivity index is 1.47. The number of carbonyl (C=O) groups excluding carboxylic acids is 1. The molecule has 2 aliphatic rings. The van der Waals surface area contributed by atoms with Gasteiger partial charge in [-0.2, -0.15) is 0 Å². The largest absolute Gasteiger partial charge is 0.496 e. The Labute approximate surface area is 180 Å². The Hall–Kier alpha value is -1.56. The van der Waals surface area contributed by atoms with Crippen molar-refractivity contribution in [2.75, 3.05) is 46.4 Å². The van der Waals surface area contributed by atoms with Gasteiger partial charge in [0.05, 0.1) is 7.11 Å². The molecule has 0 aliphatic carbocycles. The van der Waals surface area contributed by atoms with Gasteiger partial charge in [-0.1, -0.05) is 30.7 Å². The molecule has 1 aromatic carbocycles. The van der Waals surface area contributed by atoms with Crippen LogP contribution in [0.5, 0.6) is 5.75 Å². The summed E-state index contributed by atoms with van der Waals surface area (Å²) in [6.45, 7) is 14.0. The van der Waals surface area contributed by atoms with Crippen LogP contribution in [0.15, 0.2) is 24.8 Å². The van der Waals surface area contributed by atoms with Crippen molar-refractivity contribution in [2.45, 2.75) is 45.2 Å². The van der Waals surface area contributed by atoms with Crippen LogP contribution >= 0.6 is 11.6 Å². The van der Waals surface area contributed by atoms with Crippen molar-refractivity contribution in [1.29, 1.82) is 0 Å². The third-order valence-corrected chi connectivity index (χ3v) is 6.78. The summed E-state index contributed by atoms with van der Waals surface area (Å²) in [7, 11) is 1.65. The predicted octanol–water partition coefficient (Wildman–Crippen LogP) is 3.25. The number of likely N-dealkylation sites (tertiary alicyclic amines) is 1. The maximum atomic E-state index is 12.8. The lowest BCUT2D eigenvalue weighted by atomic mass is 10.0. The summed E-state index contributed by atoms with van der Waals surface area (Å²) in [6.07, 6.45) is 4.07. The van der Waals surface area contributed by atoms with Crippen LogP contribution in [0.2, 0.25) is 5.02 Å². The molecule has 0 aromatic heterocycles. The molecule has 2 fully saturated rings. The number of benzene rings is 1. The molecule has 5 nitrogen and oxygen atoms in total. The number of halogens is 1. The second kappa shape index (κ2) is 9.96. The number of methoxy groups -OCH3 is 1. The summed E-state index contributed by atoms with van der Waals surface area (Å²) in [5.74, 6) is 1.00. The van der Waals surface area contributed by atoms with Crippen molar-refractivity contribution in [3.05, 3.63) is 40.9 Å². The minimum Gasteiger partial charge on any atom is -0.496 e. The molecule has 0 radical (unpaired) electrons. The Morgan fingerprint density at radius 3 is 2.55 bits per heavy atom. The van der Waals surface area contributed by atoms with Gasteiger partial charge < -0.3 is 9.64 Å². The molecule has 1 aromatic rings. The normalized spacial score (nSPS) is 19.7. The number of nitrogens with zero attached hydrogens (tertiary/aromatic N) is 3. The van der Waals surface area contributed by atoms with Crippen LogP contribution in [0.25, 0.3) is 0 Å². The first-order valence-electron chi connectivity index (χ1n) is 10.7. The maximum absolute atomic E-state index is 12.8. The van der Waals surface area contributed by atoms with E-state index in [1.54, 1.807) is 7.11 Å². The van der Waals surface area contributed by atoms with Crippen molar-refractivity contribution in [1.82, 2.24) is 14.7 Å². The zero-order valence-corrected chi connectivity index (χ0v) is 18.7. The Bertz CT molecular complexity index is 725. The van der Waals surface area contributed by atoms with E-state index in [2.05, 4.69) is 36.3 Å². The third-order valence-electron chi connectivity index (χ3n) is 6.43. The Morgan fingerprint density at radius 2 is 1.97 bits per heavy atom. The molecule has 0 bridgehead atoms. The van der Waals surface area contributed by atoms with Gasteiger partial charge in [-0.25, -0.2) is 0 Å². The predicted molar refractivity (Wildman–Crippen MR) is 119 cm³/mol. The summed E-state index contributed by atoms with van der Waals surface area (Å²) in [4.78, 5) is 19.7. The molecule has 1 amide bonds. The molecule has 160 valence electrons. The van der Waals surface area contributed by atoms with Crippen LogP contribution in [0.3, 0.4) is 0 Å². The van der Waals surface area contributed by atoms with E-state index in [-0.39, 0.29) is 5.91 Å². The van der Waals surface area contributed by atoms with E-state index < -0.39 is 0 Å². The number of ether oxygens (including phenoxy) is 1. The SMILES string of the molecule is C=CC(C)N1CC(N2CCN(C(=O)CCc3cc(CC)c(Cl)cc3OC)CC2)C1. The third kappa shape index (κ3) is 5.14. The summed E-state index contributed by atoms with van der Waals surface area (Å²) < 4.78 is 5.47. The van der Waals surface area contributed by atoms with Crippen LogP contribution in [-0.4, -0.2) is 79.1 Å². The second-order valence-electron chi connectivity index (χ2n) is 8.11. The highest BCUT2D eigenvalue weighted by Gasteiger charge is 2.35. The quantitative estimate of drug-likeness (QED) is 0.606. The number of aryl methyl sites for hydroxylation is 2. The lowest BCUT2D eigenvalue weighted by Crippen LogP contribution is -2.64. The summed E-state index contributed by atoms with van der Waals surface area (Å²) >= 11 is 6.29. The zero-order valence-electron chi connectivity index (χ0n) is 18.0. The first-order valence-corrected chi connectivity index (χ1v) is 11.1. The van der Waals surface area contributed by atoms with Gasteiger partial charge in [-0.05, 0) is 37.0 Å². The molecule has 6 heteroatoms. The Kier molecular flexibility index (Phi) is 7.60. The topological polar surface area (TPSA) is 36.0 Å². The van der Waals surface area contributed by atoms with Crippen LogP contribution < -0.4 is 4.74 Å². The number of amides is 1. The second-order valence-corrected chi connectivity index (χ2v) is 8.52. The Morgan fingerprint density at radius 1 is 1.28 bits per heavy atom. The van der Waals surface area contributed by atoms with E-state index in [1.165, 1.54) is 0 Å². The molecule has 1 unspecified atom stereocenters. The number of carbonyl (C=O) groups is 1. The van der Waals surface area contributed by atoms with Crippen molar-refractivity contribution in [2.24, 2.45) is 0 Å². The number of hydrogen-bond donors (Lipinski definition) is 0. The van der Waals surface area contributed by atoms with Gasteiger partial charge in [0.1, 0.15) is 5.75 Å². The van der Waals surface area contributed by atoms with Crippen LogP contribution in [0.1, 0.15) is 31.4 Å². The average Bonchev–Trinajstić information content (AvgIpc) is 2.71. The molecule has 29 heavy (non-hydrogen) atoms. The molecule has 2 aliphatic heterocycles. The van der Waals surface area contributed by atoms with Crippen LogP contribution in [-0.2, 0) is 17.6 Å². The molecule has 0 saturated carbocycles. The minimum absolute atomic E-state index is 0.232. The summed E-state index contributed by atoms with van der Waals surface area (Å²) in [5.41, 5.74) is 2.16. The highest BCUT2D eigenvalue weighted by atomic mass is 35.5. The smallest absolute Gasteiger partial charge is 0.222 e. The van der Waals surface area contributed by atoms with E-state index in [0.717, 1.165) is 67.6 Å².